The lowest BCUT2D eigenvalue weighted by atomic mass is 10.1. The zero-order chi connectivity index (χ0) is 17.9. The largest absolute Gasteiger partial charge is 0.467 e. The number of furan rings is 1. The lowest BCUT2D eigenvalue weighted by molar-refractivity contribution is 0.102. The Morgan fingerprint density at radius 2 is 2.15 bits per heavy atom. The molecule has 3 aromatic heterocycles. The molecule has 2 N–H and O–H groups in total. The first-order chi connectivity index (χ1) is 12.7. The number of benzene rings is 1. The molecule has 0 amide bonds. The molecule has 0 bridgehead atoms. The van der Waals surface area contributed by atoms with Crippen molar-refractivity contribution in [2.75, 3.05) is 11.1 Å². The normalized spacial score (nSPS) is 11.1. The summed E-state index contributed by atoms with van der Waals surface area (Å²) in [7, 11) is 0. The summed E-state index contributed by atoms with van der Waals surface area (Å²) in [6.45, 7) is 2.49. The summed E-state index contributed by atoms with van der Waals surface area (Å²) in [5.41, 5.74) is 2.64. The molecule has 132 valence electrons. The van der Waals surface area contributed by atoms with E-state index in [1.54, 1.807) is 6.26 Å². The molecule has 4 rings (SSSR count). The average molecular weight is 384 g/mol. The summed E-state index contributed by atoms with van der Waals surface area (Å²) in [6, 6.07) is 11.6. The highest BCUT2D eigenvalue weighted by atomic mass is 32.2. The highest BCUT2D eigenvalue weighted by Crippen LogP contribution is 2.28. The standard InChI is InChI=1S/C18H16N4O2S2/c1-11-16(13-6-2-3-7-14(13)20-11)15(23)10-25-18-22-21-17(26-18)19-9-12-5-4-8-24-12/h2-8,20H,9-10H2,1H3,(H,19,21). The number of nitrogens with one attached hydrogen (secondary N) is 2. The minimum atomic E-state index is 0.0882. The summed E-state index contributed by atoms with van der Waals surface area (Å²) in [5, 5.41) is 13.1. The van der Waals surface area contributed by atoms with Gasteiger partial charge in [-0.15, -0.1) is 10.2 Å². The van der Waals surface area contributed by atoms with Crippen LogP contribution in [-0.2, 0) is 6.54 Å². The maximum Gasteiger partial charge on any atom is 0.206 e. The monoisotopic (exact) mass is 384 g/mol. The number of fused-ring (bicyclic) bond motifs is 1. The highest BCUT2D eigenvalue weighted by molar-refractivity contribution is 8.01. The summed E-state index contributed by atoms with van der Waals surface area (Å²) in [6.07, 6.45) is 1.64. The Labute approximate surface area is 158 Å². The van der Waals surface area contributed by atoms with Crippen LogP contribution in [0.15, 0.2) is 51.4 Å². The molecule has 0 unspecified atom stereocenters. The van der Waals surface area contributed by atoms with Crippen molar-refractivity contribution >= 4 is 44.9 Å². The number of hydrogen-bond acceptors (Lipinski definition) is 7. The van der Waals surface area contributed by atoms with E-state index >= 15 is 0 Å². The molecule has 0 saturated heterocycles. The molecule has 0 aliphatic rings. The number of nitrogens with zero attached hydrogens (tertiary/aromatic N) is 2. The van der Waals surface area contributed by atoms with Gasteiger partial charge in [-0.1, -0.05) is 41.3 Å². The Kier molecular flexibility index (Phi) is 4.77. The van der Waals surface area contributed by atoms with Gasteiger partial charge in [0.1, 0.15) is 5.76 Å². The van der Waals surface area contributed by atoms with Crippen molar-refractivity contribution in [2.45, 2.75) is 17.8 Å². The molecule has 4 aromatic rings. The fourth-order valence-electron chi connectivity index (χ4n) is 2.75. The molecule has 0 fully saturated rings. The third kappa shape index (κ3) is 3.51. The van der Waals surface area contributed by atoms with E-state index in [4.69, 9.17) is 4.42 Å². The second-order valence-corrected chi connectivity index (χ2v) is 7.89. The molecule has 0 atom stereocenters. The number of aryl methyl sites for hydroxylation is 1. The van der Waals surface area contributed by atoms with Crippen molar-refractivity contribution in [3.63, 3.8) is 0 Å². The van der Waals surface area contributed by atoms with Crippen LogP contribution in [0.25, 0.3) is 10.9 Å². The van der Waals surface area contributed by atoms with E-state index in [0.29, 0.717) is 17.4 Å². The van der Waals surface area contributed by atoms with Crippen molar-refractivity contribution < 1.29 is 9.21 Å². The third-order valence-corrected chi connectivity index (χ3v) is 5.91. The molecule has 0 radical (unpaired) electrons. The Balaban J connectivity index is 1.39. The van der Waals surface area contributed by atoms with Gasteiger partial charge >= 0.3 is 0 Å². The molecule has 0 spiro atoms. The van der Waals surface area contributed by atoms with E-state index in [1.807, 2.05) is 43.3 Å². The second-order valence-electron chi connectivity index (χ2n) is 5.69. The molecular formula is C18H16N4O2S2. The van der Waals surface area contributed by atoms with Gasteiger partial charge in [0.25, 0.3) is 0 Å². The lowest BCUT2D eigenvalue weighted by Crippen LogP contribution is -2.03. The smallest absolute Gasteiger partial charge is 0.206 e. The van der Waals surface area contributed by atoms with Gasteiger partial charge in [-0.25, -0.2) is 0 Å². The fourth-order valence-corrected chi connectivity index (χ4v) is 4.37. The van der Waals surface area contributed by atoms with E-state index in [9.17, 15) is 4.79 Å². The zero-order valence-corrected chi connectivity index (χ0v) is 15.6. The number of thioether (sulfide) groups is 1. The Hall–Kier alpha value is -2.58. The molecule has 0 aliphatic heterocycles. The summed E-state index contributed by atoms with van der Waals surface area (Å²) >= 11 is 2.84. The minimum absolute atomic E-state index is 0.0882. The van der Waals surface area contributed by atoms with Gasteiger partial charge in [-0.2, -0.15) is 0 Å². The van der Waals surface area contributed by atoms with Gasteiger partial charge in [-0.3, -0.25) is 4.79 Å². The van der Waals surface area contributed by atoms with Crippen molar-refractivity contribution in [3.8, 4) is 0 Å². The summed E-state index contributed by atoms with van der Waals surface area (Å²) in [5.74, 6) is 1.25. The van der Waals surface area contributed by atoms with Gasteiger partial charge in [0.2, 0.25) is 5.13 Å². The maximum atomic E-state index is 12.7. The first-order valence-electron chi connectivity index (χ1n) is 8.04. The number of ketones is 1. The number of H-pyrrole nitrogens is 1. The Bertz CT molecular complexity index is 1040. The number of para-hydroxylation sites is 1. The molecule has 1 aromatic carbocycles. The van der Waals surface area contributed by atoms with Crippen LogP contribution >= 0.6 is 23.1 Å². The van der Waals surface area contributed by atoms with E-state index < -0.39 is 0 Å². The van der Waals surface area contributed by atoms with Crippen molar-refractivity contribution in [3.05, 3.63) is 59.7 Å². The highest BCUT2D eigenvalue weighted by Gasteiger charge is 2.17. The number of carbonyl (C=O) groups is 1. The third-order valence-electron chi connectivity index (χ3n) is 3.90. The van der Waals surface area contributed by atoms with E-state index in [-0.39, 0.29) is 5.78 Å². The van der Waals surface area contributed by atoms with E-state index in [0.717, 1.165) is 32.3 Å². The average Bonchev–Trinajstić information content (AvgIpc) is 3.37. The number of aromatic amines is 1. The first kappa shape index (κ1) is 16.9. The Morgan fingerprint density at radius 3 is 3.00 bits per heavy atom. The van der Waals surface area contributed by atoms with Crippen LogP contribution < -0.4 is 5.32 Å². The molecule has 6 nitrogen and oxygen atoms in total. The number of anilines is 1. The van der Waals surface area contributed by atoms with Crippen molar-refractivity contribution in [1.29, 1.82) is 0 Å². The molecule has 0 saturated carbocycles. The Morgan fingerprint density at radius 1 is 1.27 bits per heavy atom. The minimum Gasteiger partial charge on any atom is -0.467 e. The number of carbonyl (C=O) groups excluding carboxylic acids is 1. The quantitative estimate of drug-likeness (QED) is 0.360. The van der Waals surface area contributed by atoms with Crippen LogP contribution in [-0.4, -0.2) is 26.7 Å². The number of Topliss-reactive ketones (excluding diaryl/α,β-unsaturated/α-hetero) is 1. The summed E-state index contributed by atoms with van der Waals surface area (Å²) in [4.78, 5) is 16.0. The van der Waals surface area contributed by atoms with Crippen LogP contribution in [0.2, 0.25) is 0 Å². The van der Waals surface area contributed by atoms with Gasteiger partial charge in [0, 0.05) is 22.2 Å². The summed E-state index contributed by atoms with van der Waals surface area (Å²) < 4.78 is 6.03. The fraction of sp³-hybridized carbons (Fsp3) is 0.167. The maximum absolute atomic E-state index is 12.7. The molecule has 0 aliphatic carbocycles. The van der Waals surface area contributed by atoms with Gasteiger partial charge < -0.3 is 14.7 Å². The van der Waals surface area contributed by atoms with Gasteiger partial charge in [0.15, 0.2) is 10.1 Å². The molecule has 3 heterocycles. The van der Waals surface area contributed by atoms with Crippen LogP contribution in [0.3, 0.4) is 0 Å². The predicted molar refractivity (Wildman–Crippen MR) is 104 cm³/mol. The van der Waals surface area contributed by atoms with Crippen LogP contribution in [0.5, 0.6) is 0 Å². The number of rotatable bonds is 7. The molecular weight excluding hydrogens is 368 g/mol. The predicted octanol–water partition coefficient (Wildman–Crippen LogP) is 4.51. The van der Waals surface area contributed by atoms with Gasteiger partial charge in [0.05, 0.1) is 18.6 Å². The van der Waals surface area contributed by atoms with Gasteiger partial charge in [-0.05, 0) is 25.1 Å². The van der Waals surface area contributed by atoms with Crippen LogP contribution in [0.1, 0.15) is 21.8 Å². The van der Waals surface area contributed by atoms with Crippen molar-refractivity contribution in [2.24, 2.45) is 0 Å². The second kappa shape index (κ2) is 7.35. The molecule has 8 heteroatoms. The van der Waals surface area contributed by atoms with Crippen LogP contribution in [0.4, 0.5) is 5.13 Å². The number of hydrogen-bond donors (Lipinski definition) is 2. The SMILES string of the molecule is Cc1[nH]c2ccccc2c1C(=O)CSc1nnc(NCc2ccco2)s1. The zero-order valence-electron chi connectivity index (χ0n) is 14.0. The van der Waals surface area contributed by atoms with E-state index in [1.165, 1.54) is 23.1 Å². The van der Waals surface area contributed by atoms with Crippen LogP contribution in [0, 0.1) is 6.92 Å². The first-order valence-corrected chi connectivity index (χ1v) is 9.84. The van der Waals surface area contributed by atoms with Crippen molar-refractivity contribution in [1.82, 2.24) is 15.2 Å². The van der Waals surface area contributed by atoms with E-state index in [2.05, 4.69) is 20.5 Å². The topological polar surface area (TPSA) is 83.8 Å². The lowest BCUT2D eigenvalue weighted by Gasteiger charge is -2.00. The molecule has 26 heavy (non-hydrogen) atoms. The number of aromatic nitrogens is 3.